The Morgan fingerprint density at radius 3 is 2.29 bits per heavy atom. The minimum absolute atomic E-state index is 0.200. The van der Waals surface area contributed by atoms with Gasteiger partial charge >= 0.3 is 0 Å². The average molecular weight is 519 g/mol. The maximum Gasteiger partial charge on any atom is 0.218 e. The molecule has 3 heterocycles. The van der Waals surface area contributed by atoms with Gasteiger partial charge in [-0.15, -0.1) is 0 Å². The van der Waals surface area contributed by atoms with Gasteiger partial charge in [0.1, 0.15) is 11.9 Å². The molecule has 38 heavy (non-hydrogen) atoms. The number of nitriles is 3. The molecule has 5 rings (SSSR count). The molecule has 4 unspecified atom stereocenters. The lowest BCUT2D eigenvalue weighted by atomic mass is 9.51. The summed E-state index contributed by atoms with van der Waals surface area (Å²) in [6, 6.07) is 13.5. The topological polar surface area (TPSA) is 141 Å². The molecule has 3 aliphatic heterocycles. The van der Waals surface area contributed by atoms with Crippen LogP contribution in [0.25, 0.3) is 0 Å². The van der Waals surface area contributed by atoms with Crippen LogP contribution in [0.1, 0.15) is 76.4 Å². The van der Waals surface area contributed by atoms with Gasteiger partial charge in [-0.2, -0.15) is 15.8 Å². The highest BCUT2D eigenvalue weighted by Gasteiger charge is 2.82. The Balaban J connectivity index is 1.40. The minimum atomic E-state index is -2.01. The van der Waals surface area contributed by atoms with Gasteiger partial charge in [0.15, 0.2) is 11.2 Å². The van der Waals surface area contributed by atoms with E-state index in [1.807, 2.05) is 0 Å². The molecular formula is C29H34N4O5. The summed E-state index contributed by atoms with van der Waals surface area (Å²) in [5.74, 6) is -2.72. The number of ether oxygens (including phenoxy) is 5. The van der Waals surface area contributed by atoms with E-state index in [0.717, 1.165) is 12.8 Å². The van der Waals surface area contributed by atoms with Crippen molar-refractivity contribution in [3.63, 3.8) is 0 Å². The van der Waals surface area contributed by atoms with Crippen LogP contribution in [0, 0.1) is 56.2 Å². The highest BCUT2D eigenvalue weighted by atomic mass is 16.7. The second-order valence-electron chi connectivity index (χ2n) is 10.7. The van der Waals surface area contributed by atoms with Gasteiger partial charge in [0, 0.05) is 19.3 Å². The van der Waals surface area contributed by atoms with E-state index in [9.17, 15) is 15.8 Å². The van der Waals surface area contributed by atoms with Crippen molar-refractivity contribution >= 4 is 5.90 Å². The molecule has 9 nitrogen and oxygen atoms in total. The Morgan fingerprint density at radius 2 is 1.63 bits per heavy atom. The lowest BCUT2D eigenvalue weighted by molar-refractivity contribution is -0.330. The summed E-state index contributed by atoms with van der Waals surface area (Å²) < 4.78 is 30.3. The van der Waals surface area contributed by atoms with E-state index in [1.54, 1.807) is 24.3 Å². The van der Waals surface area contributed by atoms with Crippen molar-refractivity contribution in [1.29, 1.82) is 21.2 Å². The fourth-order valence-electron chi connectivity index (χ4n) is 6.66. The summed E-state index contributed by atoms with van der Waals surface area (Å²) in [6.45, 7) is 3.67. The first-order chi connectivity index (χ1) is 18.4. The summed E-state index contributed by atoms with van der Waals surface area (Å²) in [5, 5.41) is 40.3. The highest BCUT2D eigenvalue weighted by Crippen LogP contribution is 2.70. The fourth-order valence-corrected chi connectivity index (χ4v) is 6.66. The highest BCUT2D eigenvalue weighted by molar-refractivity contribution is 5.89. The summed E-state index contributed by atoms with van der Waals surface area (Å²) in [7, 11) is 0. The summed E-state index contributed by atoms with van der Waals surface area (Å²) >= 11 is 0. The molecule has 0 amide bonds. The third-order valence-corrected chi connectivity index (χ3v) is 8.68. The van der Waals surface area contributed by atoms with E-state index in [-0.39, 0.29) is 6.42 Å². The minimum Gasteiger partial charge on any atom is -0.494 e. The van der Waals surface area contributed by atoms with Crippen molar-refractivity contribution < 1.29 is 23.7 Å². The lowest BCUT2D eigenvalue weighted by Crippen LogP contribution is -2.63. The molecule has 9 heteroatoms. The van der Waals surface area contributed by atoms with Gasteiger partial charge in [0.05, 0.1) is 43.9 Å². The van der Waals surface area contributed by atoms with E-state index >= 15 is 0 Å². The number of hydrogen-bond acceptors (Lipinski definition) is 9. The molecule has 0 radical (unpaired) electrons. The molecule has 4 atom stereocenters. The van der Waals surface area contributed by atoms with Crippen LogP contribution in [-0.2, 0) is 18.9 Å². The number of rotatable bonds is 9. The Bertz CT molecular complexity index is 1160. The van der Waals surface area contributed by atoms with Gasteiger partial charge < -0.3 is 23.7 Å². The molecule has 4 fully saturated rings. The first-order valence-corrected chi connectivity index (χ1v) is 13.6. The van der Waals surface area contributed by atoms with Gasteiger partial charge in [-0.3, -0.25) is 5.41 Å². The third kappa shape index (κ3) is 3.86. The molecular weight excluding hydrogens is 484 g/mol. The number of hydrogen-bond donors (Lipinski definition) is 1. The molecule has 1 aliphatic carbocycles. The van der Waals surface area contributed by atoms with Crippen molar-refractivity contribution in [3.05, 3.63) is 29.8 Å². The zero-order valence-electron chi connectivity index (χ0n) is 21.8. The zero-order chi connectivity index (χ0) is 26.9. The van der Waals surface area contributed by atoms with Gasteiger partial charge in [0.2, 0.25) is 17.1 Å². The Hall–Kier alpha value is -3.16. The summed E-state index contributed by atoms with van der Waals surface area (Å²) in [5.41, 5.74) is -3.29. The van der Waals surface area contributed by atoms with Crippen LogP contribution in [0.15, 0.2) is 24.3 Å². The SMILES string of the molecule is CCCCCCCCOc1ccc(C2OC34CCC5(CC3C(C#N)(C(=N)O4)C2(C#N)C#N)OCCO5)cc1. The quantitative estimate of drug-likeness (QED) is 0.435. The molecule has 4 aliphatic rings. The predicted molar refractivity (Wildman–Crippen MR) is 134 cm³/mol. The molecule has 1 aromatic rings. The van der Waals surface area contributed by atoms with Crippen LogP contribution in [0.5, 0.6) is 5.75 Å². The van der Waals surface area contributed by atoms with Crippen LogP contribution in [0.4, 0.5) is 0 Å². The number of nitrogens with one attached hydrogen (secondary N) is 1. The fraction of sp³-hybridized carbons (Fsp3) is 0.655. The summed E-state index contributed by atoms with van der Waals surface area (Å²) in [6.07, 6.45) is 6.93. The molecule has 3 saturated heterocycles. The van der Waals surface area contributed by atoms with Crippen molar-refractivity contribution in [2.45, 2.75) is 82.4 Å². The lowest BCUT2D eigenvalue weighted by Gasteiger charge is -2.54. The normalized spacial score (nSPS) is 32.0. The predicted octanol–water partition coefficient (Wildman–Crippen LogP) is 5.29. The maximum atomic E-state index is 10.6. The molecule has 200 valence electrons. The first-order valence-electron chi connectivity index (χ1n) is 13.6. The Kier molecular flexibility index (Phi) is 7.09. The maximum absolute atomic E-state index is 10.6. The van der Waals surface area contributed by atoms with E-state index in [1.165, 1.54) is 25.7 Å². The molecule has 2 bridgehead atoms. The third-order valence-electron chi connectivity index (χ3n) is 8.68. The molecule has 0 aromatic heterocycles. The van der Waals surface area contributed by atoms with Gasteiger partial charge in [-0.25, -0.2) is 0 Å². The van der Waals surface area contributed by atoms with E-state index in [0.29, 0.717) is 44.0 Å². The average Bonchev–Trinajstić information content (AvgIpc) is 3.47. The molecule has 1 N–H and O–H groups in total. The van der Waals surface area contributed by atoms with Crippen LogP contribution in [0.2, 0.25) is 0 Å². The molecule has 1 aromatic carbocycles. The molecule has 1 spiro atoms. The largest absolute Gasteiger partial charge is 0.494 e. The smallest absolute Gasteiger partial charge is 0.218 e. The Morgan fingerprint density at radius 1 is 0.947 bits per heavy atom. The second kappa shape index (κ2) is 10.2. The van der Waals surface area contributed by atoms with Crippen molar-refractivity contribution in [1.82, 2.24) is 0 Å². The van der Waals surface area contributed by atoms with E-state index in [4.69, 9.17) is 29.1 Å². The standard InChI is InChI=1S/C29H34N4O5/c1-2-3-4-5-6-7-14-34-22-10-8-21(9-11-22)24-26(18-30,19-31)28(20-32)23-17-27(35-15-16-36-27)12-13-29(23,37-24)38-25(28)33/h8-11,23-24,33H,2-7,12-17H2,1H3. The van der Waals surface area contributed by atoms with Crippen LogP contribution < -0.4 is 4.74 Å². The van der Waals surface area contributed by atoms with Gasteiger partial charge in [-0.05, 0) is 24.1 Å². The van der Waals surface area contributed by atoms with Gasteiger partial charge in [-0.1, -0.05) is 51.2 Å². The van der Waals surface area contributed by atoms with E-state index in [2.05, 4.69) is 25.1 Å². The molecule has 1 saturated carbocycles. The van der Waals surface area contributed by atoms with E-state index < -0.39 is 40.3 Å². The first kappa shape index (κ1) is 26.4. The zero-order valence-corrected chi connectivity index (χ0v) is 21.8. The van der Waals surface area contributed by atoms with Gasteiger partial charge in [0.25, 0.3) is 0 Å². The number of benzene rings is 1. The van der Waals surface area contributed by atoms with Crippen LogP contribution >= 0.6 is 0 Å². The Labute approximate surface area is 223 Å². The second-order valence-corrected chi connectivity index (χ2v) is 10.7. The van der Waals surface area contributed by atoms with Crippen LogP contribution in [-0.4, -0.2) is 37.3 Å². The monoisotopic (exact) mass is 518 g/mol. The number of unbranched alkanes of at least 4 members (excludes halogenated alkanes) is 5. The van der Waals surface area contributed by atoms with Crippen LogP contribution in [0.3, 0.4) is 0 Å². The van der Waals surface area contributed by atoms with Crippen molar-refractivity contribution in [3.8, 4) is 24.0 Å². The van der Waals surface area contributed by atoms with Crippen molar-refractivity contribution in [2.75, 3.05) is 19.8 Å². The summed E-state index contributed by atoms with van der Waals surface area (Å²) in [4.78, 5) is 0. The van der Waals surface area contributed by atoms with Crippen molar-refractivity contribution in [2.24, 2.45) is 16.7 Å². The number of nitrogens with zero attached hydrogens (tertiary/aromatic N) is 3.